The average molecular weight is 383 g/mol. The number of amides is 2. The van der Waals surface area contributed by atoms with Crippen LogP contribution in [0.15, 0.2) is 30.3 Å². The summed E-state index contributed by atoms with van der Waals surface area (Å²) in [7, 11) is 0. The molecule has 1 unspecified atom stereocenters. The monoisotopic (exact) mass is 382 g/mol. The molecular weight excluding hydrogens is 348 g/mol. The Morgan fingerprint density at radius 1 is 1.00 bits per heavy atom. The van der Waals surface area contributed by atoms with Crippen molar-refractivity contribution in [2.75, 3.05) is 6.54 Å². The Bertz CT molecular complexity index is 677. The second-order valence-electron chi connectivity index (χ2n) is 10.0. The standard InChI is InChI=1S/C24H34N2O2/c1-16(2)8-21(20-6-4-3-5-7-20)26-22(27)15-25-23(28)24-12-17-9-18(13-24)11-19(10-17)14-24/h3-7,16-19,21H,8-15H2,1-2H3,(H,25,28)(H,26,27). The summed E-state index contributed by atoms with van der Waals surface area (Å²) in [6.45, 7) is 4.41. The third kappa shape index (κ3) is 4.11. The first-order chi connectivity index (χ1) is 13.4. The summed E-state index contributed by atoms with van der Waals surface area (Å²) in [6, 6.07) is 10.1. The third-order valence-corrected chi connectivity index (χ3v) is 7.17. The van der Waals surface area contributed by atoms with Crippen molar-refractivity contribution in [3.63, 3.8) is 0 Å². The van der Waals surface area contributed by atoms with Gasteiger partial charge in [0.15, 0.2) is 0 Å². The van der Waals surface area contributed by atoms with E-state index in [0.717, 1.165) is 49.0 Å². The van der Waals surface area contributed by atoms with Gasteiger partial charge in [-0.15, -0.1) is 0 Å². The average Bonchev–Trinajstić information content (AvgIpc) is 2.65. The van der Waals surface area contributed by atoms with Crippen LogP contribution in [0.2, 0.25) is 0 Å². The first-order valence-corrected chi connectivity index (χ1v) is 11.1. The first kappa shape index (κ1) is 19.5. The van der Waals surface area contributed by atoms with Gasteiger partial charge in [-0.3, -0.25) is 9.59 Å². The smallest absolute Gasteiger partial charge is 0.239 e. The molecule has 0 spiro atoms. The molecule has 28 heavy (non-hydrogen) atoms. The van der Waals surface area contributed by atoms with Gasteiger partial charge in [-0.05, 0) is 74.2 Å². The number of nitrogens with one attached hydrogen (secondary N) is 2. The molecule has 4 aliphatic carbocycles. The van der Waals surface area contributed by atoms with E-state index in [4.69, 9.17) is 0 Å². The van der Waals surface area contributed by atoms with Crippen LogP contribution in [0.25, 0.3) is 0 Å². The van der Waals surface area contributed by atoms with Crippen molar-refractivity contribution >= 4 is 11.8 Å². The highest BCUT2D eigenvalue weighted by Crippen LogP contribution is 2.60. The van der Waals surface area contributed by atoms with Gasteiger partial charge in [-0.2, -0.15) is 0 Å². The summed E-state index contributed by atoms with van der Waals surface area (Å²) < 4.78 is 0. The molecule has 0 aliphatic heterocycles. The number of hydrogen-bond donors (Lipinski definition) is 2. The van der Waals surface area contributed by atoms with Crippen LogP contribution in [0.5, 0.6) is 0 Å². The van der Waals surface area contributed by atoms with E-state index in [1.807, 2.05) is 18.2 Å². The molecule has 4 fully saturated rings. The molecule has 1 aromatic rings. The minimum absolute atomic E-state index is 0.00912. The van der Waals surface area contributed by atoms with Gasteiger partial charge < -0.3 is 10.6 Å². The maximum absolute atomic E-state index is 13.0. The highest BCUT2D eigenvalue weighted by Gasteiger charge is 2.54. The zero-order valence-electron chi connectivity index (χ0n) is 17.2. The largest absolute Gasteiger partial charge is 0.348 e. The molecule has 1 aromatic carbocycles. The second kappa shape index (κ2) is 7.88. The Morgan fingerprint density at radius 3 is 2.11 bits per heavy atom. The van der Waals surface area contributed by atoms with Crippen LogP contribution in [0.3, 0.4) is 0 Å². The zero-order valence-corrected chi connectivity index (χ0v) is 17.2. The second-order valence-corrected chi connectivity index (χ2v) is 10.0. The van der Waals surface area contributed by atoms with Crippen molar-refractivity contribution in [1.29, 1.82) is 0 Å². The van der Waals surface area contributed by atoms with Gasteiger partial charge in [0.25, 0.3) is 0 Å². The van der Waals surface area contributed by atoms with Crippen molar-refractivity contribution in [1.82, 2.24) is 10.6 Å². The van der Waals surface area contributed by atoms with E-state index in [-0.39, 0.29) is 29.8 Å². The summed E-state index contributed by atoms with van der Waals surface area (Å²) >= 11 is 0. The number of rotatable bonds is 7. The van der Waals surface area contributed by atoms with Crippen LogP contribution in [0.1, 0.15) is 70.4 Å². The minimum atomic E-state index is -0.189. The third-order valence-electron chi connectivity index (χ3n) is 7.17. The summed E-state index contributed by atoms with van der Waals surface area (Å²) in [5.74, 6) is 2.72. The van der Waals surface area contributed by atoms with Crippen LogP contribution < -0.4 is 10.6 Å². The lowest BCUT2D eigenvalue weighted by molar-refractivity contribution is -0.147. The quantitative estimate of drug-likeness (QED) is 0.742. The number of benzene rings is 1. The van der Waals surface area contributed by atoms with Crippen molar-refractivity contribution in [3.05, 3.63) is 35.9 Å². The molecule has 152 valence electrons. The fourth-order valence-corrected chi connectivity index (χ4v) is 6.42. The van der Waals surface area contributed by atoms with E-state index in [1.54, 1.807) is 0 Å². The van der Waals surface area contributed by atoms with E-state index in [9.17, 15) is 9.59 Å². The Morgan fingerprint density at radius 2 is 1.57 bits per heavy atom. The molecule has 0 saturated heterocycles. The number of hydrogen-bond acceptors (Lipinski definition) is 2. The summed E-state index contributed by atoms with van der Waals surface area (Å²) in [6.07, 6.45) is 7.95. The lowest BCUT2D eigenvalue weighted by Gasteiger charge is -2.55. The van der Waals surface area contributed by atoms with Crippen LogP contribution in [-0.2, 0) is 9.59 Å². The van der Waals surface area contributed by atoms with Gasteiger partial charge in [0.2, 0.25) is 11.8 Å². The number of carbonyl (C=O) groups is 2. The van der Waals surface area contributed by atoms with Gasteiger partial charge >= 0.3 is 0 Å². The first-order valence-electron chi connectivity index (χ1n) is 11.1. The maximum Gasteiger partial charge on any atom is 0.239 e. The molecule has 2 amide bonds. The summed E-state index contributed by atoms with van der Waals surface area (Å²) in [5.41, 5.74) is 0.933. The lowest BCUT2D eigenvalue weighted by Crippen LogP contribution is -2.54. The van der Waals surface area contributed by atoms with Crippen molar-refractivity contribution < 1.29 is 9.59 Å². The normalized spacial score (nSPS) is 31.6. The van der Waals surface area contributed by atoms with E-state index in [0.29, 0.717) is 5.92 Å². The molecule has 0 radical (unpaired) electrons. The maximum atomic E-state index is 13.0. The van der Waals surface area contributed by atoms with E-state index < -0.39 is 0 Å². The predicted molar refractivity (Wildman–Crippen MR) is 110 cm³/mol. The molecule has 0 heterocycles. The minimum Gasteiger partial charge on any atom is -0.348 e. The van der Waals surface area contributed by atoms with Crippen LogP contribution in [0, 0.1) is 29.1 Å². The number of carbonyl (C=O) groups excluding carboxylic acids is 2. The molecule has 4 heteroatoms. The molecule has 5 rings (SSSR count). The van der Waals surface area contributed by atoms with Crippen molar-refractivity contribution in [3.8, 4) is 0 Å². The molecule has 4 nitrogen and oxygen atoms in total. The van der Waals surface area contributed by atoms with E-state index in [1.165, 1.54) is 19.3 Å². The highest BCUT2D eigenvalue weighted by atomic mass is 16.2. The highest BCUT2D eigenvalue weighted by molar-refractivity contribution is 5.88. The van der Waals surface area contributed by atoms with Gasteiger partial charge in [0.05, 0.1) is 12.6 Å². The summed E-state index contributed by atoms with van der Waals surface area (Å²) in [4.78, 5) is 25.7. The van der Waals surface area contributed by atoms with Gasteiger partial charge in [0, 0.05) is 5.41 Å². The Balaban J connectivity index is 1.34. The van der Waals surface area contributed by atoms with Crippen LogP contribution in [-0.4, -0.2) is 18.4 Å². The Kier molecular flexibility index (Phi) is 5.48. The Hall–Kier alpha value is -1.84. The van der Waals surface area contributed by atoms with Gasteiger partial charge in [-0.25, -0.2) is 0 Å². The molecular formula is C24H34N2O2. The van der Waals surface area contributed by atoms with Crippen LogP contribution in [0.4, 0.5) is 0 Å². The predicted octanol–water partition coefficient (Wildman–Crippen LogP) is 4.22. The fourth-order valence-electron chi connectivity index (χ4n) is 6.42. The Labute approximate surface area is 168 Å². The molecule has 1 atom stereocenters. The molecule has 4 bridgehead atoms. The van der Waals surface area contributed by atoms with Crippen LogP contribution >= 0.6 is 0 Å². The SMILES string of the molecule is CC(C)CC(NC(=O)CNC(=O)C12CC3CC(CC(C3)C1)C2)c1ccccc1. The van der Waals surface area contributed by atoms with E-state index in [2.05, 4.69) is 36.6 Å². The molecule has 2 N–H and O–H groups in total. The van der Waals surface area contributed by atoms with Crippen molar-refractivity contribution in [2.45, 2.75) is 64.8 Å². The topological polar surface area (TPSA) is 58.2 Å². The van der Waals surface area contributed by atoms with E-state index >= 15 is 0 Å². The lowest BCUT2D eigenvalue weighted by atomic mass is 9.49. The molecule has 4 aliphatic rings. The molecule has 0 aromatic heterocycles. The van der Waals surface area contributed by atoms with Gasteiger partial charge in [-0.1, -0.05) is 44.2 Å². The fraction of sp³-hybridized carbons (Fsp3) is 0.667. The van der Waals surface area contributed by atoms with Crippen molar-refractivity contribution in [2.24, 2.45) is 29.1 Å². The zero-order chi connectivity index (χ0) is 19.7. The summed E-state index contributed by atoms with van der Waals surface area (Å²) in [5, 5.41) is 6.14. The molecule has 4 saturated carbocycles. The van der Waals surface area contributed by atoms with Gasteiger partial charge in [0.1, 0.15) is 0 Å².